The fourth-order valence-corrected chi connectivity index (χ4v) is 3.94. The molecule has 22 heavy (non-hydrogen) atoms. The summed E-state index contributed by atoms with van der Waals surface area (Å²) in [6.45, 7) is 15.4. The number of ether oxygens (including phenoxy) is 1. The first kappa shape index (κ1) is 16.0. The molecule has 2 aliphatic rings. The Labute approximate surface area is 135 Å². The van der Waals surface area contributed by atoms with Gasteiger partial charge in [0.25, 0.3) is 0 Å². The fourth-order valence-electron chi connectivity index (χ4n) is 3.94. The molecule has 0 spiro atoms. The largest absolute Gasteiger partial charge is 0.375 e. The van der Waals surface area contributed by atoms with Crippen LogP contribution in [0.3, 0.4) is 0 Å². The van der Waals surface area contributed by atoms with Crippen molar-refractivity contribution in [3.8, 4) is 0 Å². The number of piperazine rings is 1. The van der Waals surface area contributed by atoms with Gasteiger partial charge < -0.3 is 4.74 Å². The van der Waals surface area contributed by atoms with Crippen molar-refractivity contribution in [2.45, 2.75) is 44.4 Å². The van der Waals surface area contributed by atoms with Gasteiger partial charge in [-0.25, -0.2) is 0 Å². The summed E-state index contributed by atoms with van der Waals surface area (Å²) in [5, 5.41) is 0. The minimum Gasteiger partial charge on any atom is -0.375 e. The molecule has 0 bridgehead atoms. The van der Waals surface area contributed by atoms with Crippen LogP contribution in [0.15, 0.2) is 30.3 Å². The van der Waals surface area contributed by atoms with E-state index in [0.29, 0.717) is 0 Å². The maximum absolute atomic E-state index is 5.87. The number of nitrogens with zero attached hydrogens (tertiary/aromatic N) is 2. The van der Waals surface area contributed by atoms with E-state index in [1.165, 1.54) is 5.56 Å². The predicted octanol–water partition coefficient (Wildman–Crippen LogP) is 2.97. The topological polar surface area (TPSA) is 15.7 Å². The molecule has 1 unspecified atom stereocenters. The molecule has 1 atom stereocenters. The van der Waals surface area contributed by atoms with Crippen molar-refractivity contribution < 1.29 is 4.74 Å². The van der Waals surface area contributed by atoms with Gasteiger partial charge in [0.2, 0.25) is 0 Å². The molecular formula is C19H29N2O. The van der Waals surface area contributed by atoms with Crippen LogP contribution < -0.4 is 0 Å². The summed E-state index contributed by atoms with van der Waals surface area (Å²) in [5.41, 5.74) is 1.43. The van der Waals surface area contributed by atoms with Crippen molar-refractivity contribution in [1.82, 2.24) is 9.80 Å². The molecule has 1 aromatic rings. The van der Waals surface area contributed by atoms with Crippen LogP contribution in [0.4, 0.5) is 0 Å². The lowest BCUT2D eigenvalue weighted by Gasteiger charge is -2.51. The van der Waals surface area contributed by atoms with E-state index in [4.69, 9.17) is 4.74 Å². The van der Waals surface area contributed by atoms with Crippen LogP contribution in [0, 0.1) is 6.92 Å². The maximum atomic E-state index is 5.87. The van der Waals surface area contributed by atoms with Gasteiger partial charge in [0.05, 0.1) is 5.60 Å². The first-order valence-corrected chi connectivity index (χ1v) is 8.48. The summed E-state index contributed by atoms with van der Waals surface area (Å²) in [6.07, 6.45) is 2.08. The third-order valence-corrected chi connectivity index (χ3v) is 5.11. The highest BCUT2D eigenvalue weighted by atomic mass is 16.5. The summed E-state index contributed by atoms with van der Waals surface area (Å²) in [6, 6.07) is 10.8. The second kappa shape index (κ2) is 6.31. The van der Waals surface area contributed by atoms with E-state index >= 15 is 0 Å². The summed E-state index contributed by atoms with van der Waals surface area (Å²) in [7, 11) is 0. The van der Waals surface area contributed by atoms with E-state index in [1.54, 1.807) is 0 Å². The van der Waals surface area contributed by atoms with Crippen LogP contribution in [0.1, 0.15) is 32.3 Å². The van der Waals surface area contributed by atoms with Gasteiger partial charge in [-0.2, -0.15) is 0 Å². The molecule has 2 aliphatic heterocycles. The summed E-state index contributed by atoms with van der Waals surface area (Å²) in [5.74, 6) is 0. The Morgan fingerprint density at radius 1 is 1.09 bits per heavy atom. The summed E-state index contributed by atoms with van der Waals surface area (Å²) < 4.78 is 5.87. The SMILES string of the molecule is [CH2]C1(N2CCN(Cc3ccccc3)CC2)CCOC(C)(C)C1. The number of rotatable bonds is 3. The number of hydrogen-bond donors (Lipinski definition) is 0. The normalized spacial score (nSPS) is 30.3. The predicted molar refractivity (Wildman–Crippen MR) is 90.6 cm³/mol. The molecule has 0 aliphatic carbocycles. The van der Waals surface area contributed by atoms with Crippen molar-refractivity contribution in [3.05, 3.63) is 42.8 Å². The van der Waals surface area contributed by atoms with Gasteiger partial charge >= 0.3 is 0 Å². The van der Waals surface area contributed by atoms with Crippen LogP contribution in [0.25, 0.3) is 0 Å². The highest BCUT2D eigenvalue weighted by Crippen LogP contribution is 2.36. The van der Waals surface area contributed by atoms with Gasteiger partial charge in [0, 0.05) is 44.9 Å². The van der Waals surface area contributed by atoms with Crippen LogP contribution in [-0.4, -0.2) is 53.7 Å². The van der Waals surface area contributed by atoms with Crippen LogP contribution in [0.5, 0.6) is 0 Å². The lowest BCUT2D eigenvalue weighted by molar-refractivity contribution is -0.113. The zero-order chi connectivity index (χ0) is 15.6. The van der Waals surface area contributed by atoms with Crippen molar-refractivity contribution in [1.29, 1.82) is 0 Å². The highest BCUT2D eigenvalue weighted by molar-refractivity contribution is 5.14. The Kier molecular flexibility index (Phi) is 4.58. The van der Waals surface area contributed by atoms with E-state index in [1.807, 2.05) is 0 Å². The lowest BCUT2D eigenvalue weighted by atomic mass is 9.81. The molecule has 0 aromatic heterocycles. The van der Waals surface area contributed by atoms with Crippen LogP contribution >= 0.6 is 0 Å². The minimum atomic E-state index is -0.0405. The molecule has 3 heteroatoms. The maximum Gasteiger partial charge on any atom is 0.0644 e. The van der Waals surface area contributed by atoms with Gasteiger partial charge in [-0.05, 0) is 39.2 Å². The zero-order valence-corrected chi connectivity index (χ0v) is 14.1. The van der Waals surface area contributed by atoms with Crippen LogP contribution in [-0.2, 0) is 11.3 Å². The number of hydrogen-bond acceptors (Lipinski definition) is 3. The zero-order valence-electron chi connectivity index (χ0n) is 14.1. The second-order valence-corrected chi connectivity index (χ2v) is 7.51. The average Bonchev–Trinajstić information content (AvgIpc) is 2.47. The van der Waals surface area contributed by atoms with E-state index < -0.39 is 0 Å². The van der Waals surface area contributed by atoms with Crippen molar-refractivity contribution in [2.75, 3.05) is 32.8 Å². The van der Waals surface area contributed by atoms with E-state index in [2.05, 4.69) is 60.9 Å². The fraction of sp³-hybridized carbons (Fsp3) is 0.632. The van der Waals surface area contributed by atoms with Crippen molar-refractivity contribution in [3.63, 3.8) is 0 Å². The average molecular weight is 301 g/mol. The molecule has 0 N–H and O–H groups in total. The molecule has 1 aromatic carbocycles. The van der Waals surface area contributed by atoms with Gasteiger partial charge in [-0.3, -0.25) is 9.80 Å². The molecule has 2 heterocycles. The van der Waals surface area contributed by atoms with Gasteiger partial charge in [0.1, 0.15) is 0 Å². The van der Waals surface area contributed by atoms with Crippen LogP contribution in [0.2, 0.25) is 0 Å². The Morgan fingerprint density at radius 2 is 1.77 bits per heavy atom. The van der Waals surface area contributed by atoms with E-state index in [0.717, 1.165) is 52.2 Å². The second-order valence-electron chi connectivity index (χ2n) is 7.51. The Morgan fingerprint density at radius 3 is 2.41 bits per heavy atom. The van der Waals surface area contributed by atoms with Crippen molar-refractivity contribution in [2.24, 2.45) is 0 Å². The number of benzene rings is 1. The molecule has 3 nitrogen and oxygen atoms in total. The lowest BCUT2D eigenvalue weighted by Crippen LogP contribution is -2.60. The first-order chi connectivity index (χ1) is 10.5. The van der Waals surface area contributed by atoms with E-state index in [-0.39, 0.29) is 11.1 Å². The molecule has 2 saturated heterocycles. The Balaban J connectivity index is 1.55. The first-order valence-electron chi connectivity index (χ1n) is 8.48. The minimum absolute atomic E-state index is 0.0405. The molecule has 1 radical (unpaired) electrons. The molecule has 0 saturated carbocycles. The van der Waals surface area contributed by atoms with Gasteiger partial charge in [0.15, 0.2) is 0 Å². The van der Waals surface area contributed by atoms with Crippen molar-refractivity contribution >= 4 is 0 Å². The molecule has 121 valence electrons. The molecular weight excluding hydrogens is 272 g/mol. The Hall–Kier alpha value is -0.900. The highest BCUT2D eigenvalue weighted by Gasteiger charge is 2.42. The summed E-state index contributed by atoms with van der Waals surface area (Å²) >= 11 is 0. The monoisotopic (exact) mass is 301 g/mol. The third-order valence-electron chi connectivity index (χ3n) is 5.11. The summed E-state index contributed by atoms with van der Waals surface area (Å²) in [4.78, 5) is 5.15. The Bertz CT molecular complexity index is 479. The van der Waals surface area contributed by atoms with Gasteiger partial charge in [-0.1, -0.05) is 30.3 Å². The molecule has 2 fully saturated rings. The smallest absolute Gasteiger partial charge is 0.0644 e. The standard InChI is InChI=1S/C19H29N2O/c1-18(2)16-19(3,9-14-22-18)21-12-10-20(11-13-21)15-17-7-5-4-6-8-17/h4-8H,3,9-16H2,1-2H3. The quantitative estimate of drug-likeness (QED) is 0.853. The van der Waals surface area contributed by atoms with E-state index in [9.17, 15) is 0 Å². The van der Waals surface area contributed by atoms with Gasteiger partial charge in [-0.15, -0.1) is 0 Å². The third kappa shape index (κ3) is 3.70. The molecule has 0 amide bonds. The molecule has 3 rings (SSSR count).